The highest BCUT2D eigenvalue weighted by Gasteiger charge is 2.30. The van der Waals surface area contributed by atoms with Gasteiger partial charge in [0.15, 0.2) is 0 Å². The number of fused-ring (bicyclic) bond motifs is 1. The smallest absolute Gasteiger partial charge is 0.326 e. The summed E-state index contributed by atoms with van der Waals surface area (Å²) in [5, 5.41) is 15.9. The van der Waals surface area contributed by atoms with Gasteiger partial charge in [-0.05, 0) is 54.3 Å². The van der Waals surface area contributed by atoms with Crippen LogP contribution >= 0.6 is 23.2 Å². The van der Waals surface area contributed by atoms with Crippen LogP contribution in [-0.2, 0) is 17.6 Å². The molecule has 0 radical (unpaired) electrons. The van der Waals surface area contributed by atoms with E-state index in [0.29, 0.717) is 5.92 Å². The Hall–Kier alpha value is -3.29. The van der Waals surface area contributed by atoms with E-state index in [9.17, 15) is 14.7 Å². The number of carbonyl (C=O) groups excluding carboxylic acids is 1. The van der Waals surface area contributed by atoms with Crippen LogP contribution in [-0.4, -0.2) is 47.6 Å². The summed E-state index contributed by atoms with van der Waals surface area (Å²) in [6, 6.07) is 15.7. The lowest BCUT2D eigenvalue weighted by molar-refractivity contribution is -0.139. The van der Waals surface area contributed by atoms with E-state index in [4.69, 9.17) is 28.2 Å². The van der Waals surface area contributed by atoms with E-state index >= 15 is 0 Å². The number of nitrogens with zero attached hydrogens (tertiary/aromatic N) is 2. The lowest BCUT2D eigenvalue weighted by atomic mass is 9.93. The molecular formula is C27H26Cl2N4O3. The molecule has 3 N–H and O–H groups in total. The van der Waals surface area contributed by atoms with Crippen molar-refractivity contribution < 1.29 is 14.7 Å². The summed E-state index contributed by atoms with van der Waals surface area (Å²) in [6.45, 7) is 2.75. The van der Waals surface area contributed by atoms with Crippen molar-refractivity contribution in [3.63, 3.8) is 0 Å². The molecule has 2 aliphatic rings. The van der Waals surface area contributed by atoms with Crippen LogP contribution in [0.4, 0.5) is 11.5 Å². The van der Waals surface area contributed by atoms with Crippen LogP contribution in [0.1, 0.15) is 39.5 Å². The van der Waals surface area contributed by atoms with Crippen molar-refractivity contribution in [3.05, 3.63) is 87.0 Å². The lowest BCUT2D eigenvalue weighted by Gasteiger charge is -2.41. The minimum Gasteiger partial charge on any atom is -0.480 e. The third kappa shape index (κ3) is 5.13. The molecule has 0 saturated carbocycles. The second-order valence-corrected chi connectivity index (χ2v) is 10.0. The largest absolute Gasteiger partial charge is 0.480 e. The first-order valence-electron chi connectivity index (χ1n) is 11.9. The fraction of sp³-hybridized carbons (Fsp3) is 0.296. The van der Waals surface area contributed by atoms with Crippen molar-refractivity contribution in [3.8, 4) is 0 Å². The maximum Gasteiger partial charge on any atom is 0.326 e. The Balaban J connectivity index is 1.19. The first kappa shape index (κ1) is 24.4. The average molecular weight is 525 g/mol. The van der Waals surface area contributed by atoms with Gasteiger partial charge in [0, 0.05) is 43.4 Å². The van der Waals surface area contributed by atoms with Crippen LogP contribution in [0.25, 0.3) is 0 Å². The fourth-order valence-corrected chi connectivity index (χ4v) is 5.24. The molecule has 5 rings (SSSR count). The first-order chi connectivity index (χ1) is 17.4. The molecule has 3 aromatic rings. The molecule has 0 spiro atoms. The Bertz CT molecular complexity index is 1270. The van der Waals surface area contributed by atoms with Crippen molar-refractivity contribution in [2.45, 2.75) is 31.2 Å². The topological polar surface area (TPSA) is 94.6 Å². The third-order valence-electron chi connectivity index (χ3n) is 6.75. The highest BCUT2D eigenvalue weighted by molar-refractivity contribution is 6.39. The van der Waals surface area contributed by atoms with Gasteiger partial charge in [-0.1, -0.05) is 47.5 Å². The van der Waals surface area contributed by atoms with Gasteiger partial charge in [-0.15, -0.1) is 0 Å². The summed E-state index contributed by atoms with van der Waals surface area (Å²) in [5.41, 5.74) is 4.36. The van der Waals surface area contributed by atoms with Crippen molar-refractivity contribution in [2.24, 2.45) is 0 Å². The monoisotopic (exact) mass is 524 g/mol. The van der Waals surface area contributed by atoms with Crippen LogP contribution < -0.4 is 15.5 Å². The number of carboxylic acids is 1. The predicted molar refractivity (Wildman–Crippen MR) is 141 cm³/mol. The molecule has 1 amide bonds. The molecule has 36 heavy (non-hydrogen) atoms. The molecule has 186 valence electrons. The van der Waals surface area contributed by atoms with E-state index in [1.807, 2.05) is 24.3 Å². The number of aliphatic carboxylic acids is 1. The number of hydrogen-bond donors (Lipinski definition) is 3. The summed E-state index contributed by atoms with van der Waals surface area (Å²) >= 11 is 12.2. The Labute approximate surface area is 219 Å². The van der Waals surface area contributed by atoms with Gasteiger partial charge >= 0.3 is 5.97 Å². The summed E-state index contributed by atoms with van der Waals surface area (Å²) < 4.78 is 0. The minimum atomic E-state index is -1.13. The van der Waals surface area contributed by atoms with Gasteiger partial charge in [0.25, 0.3) is 5.91 Å². The number of rotatable bonds is 7. The minimum absolute atomic E-state index is 0.0685. The van der Waals surface area contributed by atoms with Gasteiger partial charge in [-0.3, -0.25) is 4.79 Å². The summed E-state index contributed by atoms with van der Waals surface area (Å²) in [4.78, 5) is 31.6. The zero-order chi connectivity index (χ0) is 25.2. The molecule has 0 aliphatic carbocycles. The van der Waals surface area contributed by atoms with E-state index in [1.165, 1.54) is 17.7 Å². The maximum absolute atomic E-state index is 12.6. The summed E-state index contributed by atoms with van der Waals surface area (Å²) in [7, 11) is 0. The second-order valence-electron chi connectivity index (χ2n) is 9.21. The molecule has 2 aromatic carbocycles. The zero-order valence-electron chi connectivity index (χ0n) is 19.5. The molecule has 1 atom stereocenters. The number of anilines is 2. The van der Waals surface area contributed by atoms with Crippen LogP contribution in [0.2, 0.25) is 10.0 Å². The fourth-order valence-electron chi connectivity index (χ4n) is 4.67. The predicted octanol–water partition coefficient (Wildman–Crippen LogP) is 4.78. The zero-order valence-corrected chi connectivity index (χ0v) is 21.0. The van der Waals surface area contributed by atoms with E-state index in [-0.39, 0.29) is 22.0 Å². The van der Waals surface area contributed by atoms with E-state index in [1.54, 1.807) is 6.07 Å². The van der Waals surface area contributed by atoms with Crippen LogP contribution in [0, 0.1) is 0 Å². The Morgan fingerprint density at radius 2 is 1.81 bits per heavy atom. The maximum atomic E-state index is 12.6. The molecule has 7 nitrogen and oxygen atoms in total. The van der Waals surface area contributed by atoms with Crippen molar-refractivity contribution >= 4 is 46.6 Å². The van der Waals surface area contributed by atoms with Gasteiger partial charge in [-0.2, -0.15) is 0 Å². The molecule has 9 heteroatoms. The number of pyridine rings is 1. The van der Waals surface area contributed by atoms with Crippen LogP contribution in [0.3, 0.4) is 0 Å². The third-order valence-corrected chi connectivity index (χ3v) is 7.38. The normalized spacial score (nSPS) is 15.9. The number of aryl methyl sites for hydroxylation is 1. The second kappa shape index (κ2) is 10.4. The highest BCUT2D eigenvalue weighted by atomic mass is 35.5. The van der Waals surface area contributed by atoms with Crippen molar-refractivity contribution in [1.82, 2.24) is 10.3 Å². The Kier molecular flexibility index (Phi) is 7.03. The molecule has 1 fully saturated rings. The van der Waals surface area contributed by atoms with E-state index in [0.717, 1.165) is 55.2 Å². The lowest BCUT2D eigenvalue weighted by Crippen LogP contribution is -2.45. The van der Waals surface area contributed by atoms with Crippen LogP contribution in [0.15, 0.2) is 54.6 Å². The van der Waals surface area contributed by atoms with E-state index in [2.05, 4.69) is 27.7 Å². The molecule has 0 bridgehead atoms. The Morgan fingerprint density at radius 3 is 2.50 bits per heavy atom. The molecule has 1 aromatic heterocycles. The highest BCUT2D eigenvalue weighted by Crippen LogP contribution is 2.33. The van der Waals surface area contributed by atoms with E-state index < -0.39 is 17.9 Å². The number of hydrogen-bond acceptors (Lipinski definition) is 5. The number of amides is 1. The number of carboxylic acid groups (broad SMARTS) is 1. The molecular weight excluding hydrogens is 499 g/mol. The van der Waals surface area contributed by atoms with Crippen molar-refractivity contribution in [1.29, 1.82) is 0 Å². The van der Waals surface area contributed by atoms with Crippen molar-refractivity contribution in [2.75, 3.05) is 29.9 Å². The molecule has 0 unspecified atom stereocenters. The van der Waals surface area contributed by atoms with Gasteiger partial charge < -0.3 is 20.6 Å². The molecule has 1 saturated heterocycles. The number of aromatic nitrogens is 1. The van der Waals surface area contributed by atoms with Gasteiger partial charge in [0.2, 0.25) is 0 Å². The number of benzene rings is 2. The SMILES string of the molecule is O=C(N[C@H](Cc1ccc(N2CC(c3ccc4c(n3)NCCC4)C2)cc1)C(=O)O)c1c(Cl)cccc1Cl. The van der Waals surface area contributed by atoms with Gasteiger partial charge in [0.05, 0.1) is 15.6 Å². The molecule has 2 aliphatic heterocycles. The number of halogens is 2. The molecule has 3 heterocycles. The van der Waals surface area contributed by atoms with Crippen LogP contribution in [0.5, 0.6) is 0 Å². The summed E-state index contributed by atoms with van der Waals surface area (Å²) in [6.07, 6.45) is 2.37. The quantitative estimate of drug-likeness (QED) is 0.411. The number of carbonyl (C=O) groups is 2. The summed E-state index contributed by atoms with van der Waals surface area (Å²) in [5.74, 6) is -0.333. The first-order valence-corrected chi connectivity index (χ1v) is 12.7. The Morgan fingerprint density at radius 1 is 1.08 bits per heavy atom. The number of nitrogens with one attached hydrogen (secondary N) is 2. The van der Waals surface area contributed by atoms with Gasteiger partial charge in [0.1, 0.15) is 11.9 Å². The standard InChI is InChI=1S/C27H26Cl2N4O3/c28-20-4-1-5-21(29)24(20)26(34)32-23(27(35)36)13-16-6-9-19(10-7-16)33-14-18(15-33)22-11-8-17-3-2-12-30-25(17)31-22/h1,4-11,18,23H,2-3,12-15H2,(H,30,31)(H,32,34)(H,35,36)/t23-/m1/s1. The average Bonchev–Trinajstić information content (AvgIpc) is 2.83. The van der Waals surface area contributed by atoms with Gasteiger partial charge in [-0.25, -0.2) is 9.78 Å².